The Hall–Kier alpha value is -1.40. The molecule has 88 valence electrons. The van der Waals surface area contributed by atoms with E-state index in [1.807, 2.05) is 11.4 Å². The van der Waals surface area contributed by atoms with Crippen LogP contribution in [0.2, 0.25) is 0 Å². The van der Waals surface area contributed by atoms with Crippen molar-refractivity contribution in [1.82, 2.24) is 10.3 Å². The summed E-state index contributed by atoms with van der Waals surface area (Å²) in [5.41, 5.74) is 6.53. The monoisotopic (exact) mass is 311 g/mol. The van der Waals surface area contributed by atoms with Gasteiger partial charge in [0.2, 0.25) is 0 Å². The van der Waals surface area contributed by atoms with Crippen molar-refractivity contribution < 1.29 is 4.79 Å². The number of pyridine rings is 1. The van der Waals surface area contributed by atoms with Crippen LogP contribution in [0.15, 0.2) is 34.4 Å². The lowest BCUT2D eigenvalue weighted by Crippen LogP contribution is -2.23. The lowest BCUT2D eigenvalue weighted by atomic mass is 10.2. The molecule has 6 heteroatoms. The van der Waals surface area contributed by atoms with Crippen molar-refractivity contribution in [1.29, 1.82) is 0 Å². The lowest BCUT2D eigenvalue weighted by Gasteiger charge is -2.05. The Bertz CT molecular complexity index is 541. The molecule has 0 aliphatic carbocycles. The maximum absolute atomic E-state index is 11.8. The summed E-state index contributed by atoms with van der Waals surface area (Å²) in [5.74, 6) is -0.208. The average molecular weight is 312 g/mol. The van der Waals surface area contributed by atoms with Crippen LogP contribution in [-0.4, -0.2) is 10.9 Å². The standard InChI is InChI=1S/C11H10BrN3OS/c12-7-3-8(17-6-7)4-15-11(16)9-5-14-2-1-10(9)13/h1-3,5-6H,4H2,(H2,13,14)(H,15,16). The second kappa shape index (κ2) is 5.29. The van der Waals surface area contributed by atoms with Gasteiger partial charge in [0, 0.05) is 32.8 Å². The van der Waals surface area contributed by atoms with Crippen molar-refractivity contribution in [2.24, 2.45) is 0 Å². The zero-order valence-corrected chi connectivity index (χ0v) is 11.2. The van der Waals surface area contributed by atoms with Gasteiger partial charge in [-0.2, -0.15) is 0 Å². The Labute approximate surface area is 111 Å². The van der Waals surface area contributed by atoms with Crippen LogP contribution in [0.4, 0.5) is 5.69 Å². The summed E-state index contributed by atoms with van der Waals surface area (Å²) in [4.78, 5) is 16.8. The van der Waals surface area contributed by atoms with Crippen LogP contribution in [-0.2, 0) is 6.54 Å². The number of nitrogens with zero attached hydrogens (tertiary/aromatic N) is 1. The third-order valence-electron chi connectivity index (χ3n) is 2.14. The average Bonchev–Trinajstić information content (AvgIpc) is 2.73. The predicted octanol–water partition coefficient (Wildman–Crippen LogP) is 2.42. The number of hydrogen-bond donors (Lipinski definition) is 2. The Morgan fingerprint density at radius 3 is 3.06 bits per heavy atom. The maximum atomic E-state index is 11.8. The Morgan fingerprint density at radius 2 is 2.41 bits per heavy atom. The molecule has 3 N–H and O–H groups in total. The van der Waals surface area contributed by atoms with E-state index in [-0.39, 0.29) is 5.91 Å². The molecule has 0 aliphatic heterocycles. The van der Waals surface area contributed by atoms with Crippen molar-refractivity contribution in [2.45, 2.75) is 6.54 Å². The SMILES string of the molecule is Nc1ccncc1C(=O)NCc1cc(Br)cs1. The van der Waals surface area contributed by atoms with Gasteiger partial charge in [-0.1, -0.05) is 0 Å². The Kier molecular flexibility index (Phi) is 3.75. The number of amides is 1. The predicted molar refractivity (Wildman–Crippen MR) is 71.8 cm³/mol. The van der Waals surface area contributed by atoms with Crippen LogP contribution >= 0.6 is 27.3 Å². The molecule has 0 aromatic carbocycles. The third kappa shape index (κ3) is 3.04. The number of carbonyl (C=O) groups is 1. The number of nitrogens with one attached hydrogen (secondary N) is 1. The molecular formula is C11H10BrN3OS. The summed E-state index contributed by atoms with van der Waals surface area (Å²) < 4.78 is 1.02. The first-order valence-electron chi connectivity index (χ1n) is 4.87. The van der Waals surface area contributed by atoms with E-state index in [1.54, 1.807) is 23.6 Å². The third-order valence-corrected chi connectivity index (χ3v) is 3.84. The van der Waals surface area contributed by atoms with E-state index in [1.165, 1.54) is 6.20 Å². The summed E-state index contributed by atoms with van der Waals surface area (Å²) >= 11 is 4.95. The molecule has 4 nitrogen and oxygen atoms in total. The summed E-state index contributed by atoms with van der Waals surface area (Å²) in [5, 5.41) is 4.77. The zero-order chi connectivity index (χ0) is 12.3. The molecule has 0 bridgehead atoms. The Balaban J connectivity index is 2.01. The number of anilines is 1. The van der Waals surface area contributed by atoms with Gasteiger partial charge < -0.3 is 11.1 Å². The van der Waals surface area contributed by atoms with Gasteiger partial charge in [-0.3, -0.25) is 9.78 Å². The molecule has 17 heavy (non-hydrogen) atoms. The summed E-state index contributed by atoms with van der Waals surface area (Å²) in [6.07, 6.45) is 3.03. The van der Waals surface area contributed by atoms with Crippen LogP contribution in [0, 0.1) is 0 Å². The van der Waals surface area contributed by atoms with Crippen molar-refractivity contribution in [3.63, 3.8) is 0 Å². The minimum Gasteiger partial charge on any atom is -0.398 e. The minimum absolute atomic E-state index is 0.208. The molecule has 0 radical (unpaired) electrons. The highest BCUT2D eigenvalue weighted by Crippen LogP contribution is 2.19. The topological polar surface area (TPSA) is 68.0 Å². The smallest absolute Gasteiger partial charge is 0.255 e. The molecular weight excluding hydrogens is 302 g/mol. The van der Waals surface area contributed by atoms with E-state index in [4.69, 9.17) is 5.73 Å². The molecule has 2 rings (SSSR count). The van der Waals surface area contributed by atoms with Gasteiger partial charge in [0.15, 0.2) is 0 Å². The summed E-state index contributed by atoms with van der Waals surface area (Å²) in [7, 11) is 0. The van der Waals surface area contributed by atoms with Gasteiger partial charge in [0.25, 0.3) is 5.91 Å². The number of nitrogens with two attached hydrogens (primary N) is 1. The second-order valence-electron chi connectivity index (χ2n) is 3.38. The number of nitrogen functional groups attached to an aromatic ring is 1. The van der Waals surface area contributed by atoms with Crippen molar-refractivity contribution in [2.75, 3.05) is 5.73 Å². The fourth-order valence-electron chi connectivity index (χ4n) is 1.30. The summed E-state index contributed by atoms with van der Waals surface area (Å²) in [6, 6.07) is 3.58. The molecule has 0 saturated carbocycles. The minimum atomic E-state index is -0.208. The highest BCUT2D eigenvalue weighted by atomic mass is 79.9. The van der Waals surface area contributed by atoms with Gasteiger partial charge in [-0.15, -0.1) is 11.3 Å². The van der Waals surface area contributed by atoms with Crippen LogP contribution < -0.4 is 11.1 Å². The summed E-state index contributed by atoms with van der Waals surface area (Å²) in [6.45, 7) is 0.490. The fraction of sp³-hybridized carbons (Fsp3) is 0.0909. The number of carbonyl (C=O) groups excluding carboxylic acids is 1. The second-order valence-corrected chi connectivity index (χ2v) is 5.29. The first kappa shape index (κ1) is 12.1. The molecule has 2 aromatic heterocycles. The molecule has 1 amide bonds. The van der Waals surface area contributed by atoms with Gasteiger partial charge in [-0.25, -0.2) is 0 Å². The van der Waals surface area contributed by atoms with Gasteiger partial charge in [-0.05, 0) is 28.1 Å². The number of thiophene rings is 1. The van der Waals surface area contributed by atoms with E-state index in [0.717, 1.165) is 9.35 Å². The number of rotatable bonds is 3. The van der Waals surface area contributed by atoms with E-state index in [2.05, 4.69) is 26.2 Å². The number of aromatic nitrogens is 1. The quantitative estimate of drug-likeness (QED) is 0.914. The van der Waals surface area contributed by atoms with Crippen molar-refractivity contribution in [3.8, 4) is 0 Å². The van der Waals surface area contributed by atoms with E-state index >= 15 is 0 Å². The van der Waals surface area contributed by atoms with Gasteiger partial charge >= 0.3 is 0 Å². The molecule has 0 fully saturated rings. The van der Waals surface area contributed by atoms with Gasteiger partial charge in [0.1, 0.15) is 0 Å². The molecule has 0 saturated heterocycles. The molecule has 0 unspecified atom stereocenters. The fourth-order valence-corrected chi connectivity index (χ4v) is 2.69. The van der Waals surface area contributed by atoms with Crippen LogP contribution in [0.1, 0.15) is 15.2 Å². The maximum Gasteiger partial charge on any atom is 0.255 e. The first-order valence-corrected chi connectivity index (χ1v) is 6.54. The number of halogens is 1. The van der Waals surface area contributed by atoms with Crippen LogP contribution in [0.5, 0.6) is 0 Å². The molecule has 0 atom stereocenters. The van der Waals surface area contributed by atoms with Crippen molar-refractivity contribution >= 4 is 38.9 Å². The van der Waals surface area contributed by atoms with Crippen LogP contribution in [0.3, 0.4) is 0 Å². The van der Waals surface area contributed by atoms with Gasteiger partial charge in [0.05, 0.1) is 12.1 Å². The highest BCUT2D eigenvalue weighted by Gasteiger charge is 2.09. The van der Waals surface area contributed by atoms with Crippen molar-refractivity contribution in [3.05, 3.63) is 44.8 Å². The Morgan fingerprint density at radius 1 is 1.59 bits per heavy atom. The molecule has 0 aliphatic rings. The molecule has 0 spiro atoms. The lowest BCUT2D eigenvalue weighted by molar-refractivity contribution is 0.0952. The largest absolute Gasteiger partial charge is 0.398 e. The van der Waals surface area contributed by atoms with E-state index in [9.17, 15) is 4.79 Å². The van der Waals surface area contributed by atoms with E-state index < -0.39 is 0 Å². The van der Waals surface area contributed by atoms with Crippen LogP contribution in [0.25, 0.3) is 0 Å². The highest BCUT2D eigenvalue weighted by molar-refractivity contribution is 9.10. The first-order chi connectivity index (χ1) is 8.16. The normalized spacial score (nSPS) is 10.2. The van der Waals surface area contributed by atoms with E-state index in [0.29, 0.717) is 17.8 Å². The molecule has 2 heterocycles. The molecule has 2 aromatic rings. The number of hydrogen-bond acceptors (Lipinski definition) is 4. The zero-order valence-electron chi connectivity index (χ0n) is 8.81.